The van der Waals surface area contributed by atoms with E-state index in [1.807, 2.05) is 60.7 Å². The van der Waals surface area contributed by atoms with E-state index in [2.05, 4.69) is 33.5 Å². The molecule has 0 aromatic heterocycles. The van der Waals surface area contributed by atoms with Crippen LogP contribution in [0.15, 0.2) is 97.1 Å². The van der Waals surface area contributed by atoms with E-state index in [4.69, 9.17) is 16.2 Å². The van der Waals surface area contributed by atoms with E-state index in [1.54, 1.807) is 38.1 Å². The molecule has 0 spiro atoms. The van der Waals surface area contributed by atoms with Gasteiger partial charge in [-0.25, -0.2) is 0 Å². The van der Waals surface area contributed by atoms with Crippen molar-refractivity contribution in [1.29, 1.82) is 0 Å². The van der Waals surface area contributed by atoms with Gasteiger partial charge in [-0.3, -0.25) is 33.6 Å². The minimum Gasteiger partial charge on any atom is -0.508 e. The van der Waals surface area contributed by atoms with Crippen LogP contribution in [0.25, 0.3) is 22.3 Å². The summed E-state index contributed by atoms with van der Waals surface area (Å²) in [6, 6.07) is 22.8. The Bertz CT molecular complexity index is 2670. The number of benzene rings is 4. The van der Waals surface area contributed by atoms with Gasteiger partial charge in [0.05, 0.1) is 6.61 Å². The maximum absolute atomic E-state index is 14.6. The van der Waals surface area contributed by atoms with Crippen LogP contribution in [0.1, 0.15) is 114 Å². The lowest BCUT2D eigenvalue weighted by atomic mass is 9.99. The maximum atomic E-state index is 14.6. The predicted molar refractivity (Wildman–Crippen MR) is 299 cm³/mol. The van der Waals surface area contributed by atoms with E-state index in [0.717, 1.165) is 52.8 Å². The van der Waals surface area contributed by atoms with Crippen molar-refractivity contribution in [1.82, 2.24) is 36.4 Å². The van der Waals surface area contributed by atoms with Crippen LogP contribution in [0.5, 0.6) is 11.5 Å². The average molecular weight is 1070 g/mol. The summed E-state index contributed by atoms with van der Waals surface area (Å²) in [5.74, 6) is -3.32. The van der Waals surface area contributed by atoms with Gasteiger partial charge in [-0.15, -0.1) is 0 Å². The molecular weight excluding hydrogens is 991 g/mol. The minimum atomic E-state index is -1.16. The zero-order valence-corrected chi connectivity index (χ0v) is 45.3. The van der Waals surface area contributed by atoms with Crippen LogP contribution < -0.4 is 42.8 Å². The summed E-state index contributed by atoms with van der Waals surface area (Å²) < 4.78 is 5.88. The summed E-state index contributed by atoms with van der Waals surface area (Å²) >= 11 is 0. The number of hydrogen-bond acceptors (Lipinski definition) is 11. The number of carbonyl (C=O) groups is 7. The summed E-state index contributed by atoms with van der Waals surface area (Å²) in [6.07, 6.45) is 6.23. The first kappa shape index (κ1) is 58.4. The number of amides is 7. The Morgan fingerprint density at radius 1 is 0.692 bits per heavy atom. The molecule has 7 atom stereocenters. The highest BCUT2D eigenvalue weighted by molar-refractivity contribution is 6.00. The highest BCUT2D eigenvalue weighted by Gasteiger charge is 2.43. The second-order valence-corrected chi connectivity index (χ2v) is 21.2. The SMILES string of the molecule is CCCCCOc1ccc(-c2ccc(-c3ccc(C(=O)N[C@H]4CCCNC(=O)[C@@H]5C[C@H](N)CN5C(=O)[C@H](CCCCN)NC(=O)[C@H](CCc5ccc(O)cc5)NC(=O)[C@@H]5CCCN5C(=O)[C@H](C(C)C)NC4=O)cc3)cc2)cc1. The molecule has 3 heterocycles. The largest absolute Gasteiger partial charge is 0.508 e. The van der Waals surface area contributed by atoms with Crippen LogP contribution in [-0.2, 0) is 35.2 Å². The molecule has 0 bridgehead atoms. The first-order valence-corrected chi connectivity index (χ1v) is 27.9. The van der Waals surface area contributed by atoms with Crippen LogP contribution in [0.3, 0.4) is 0 Å². The molecule has 7 amide bonds. The van der Waals surface area contributed by atoms with Crippen molar-refractivity contribution in [2.24, 2.45) is 17.4 Å². The summed E-state index contributed by atoms with van der Waals surface area (Å²) in [5.41, 5.74) is 17.3. The van der Waals surface area contributed by atoms with E-state index < -0.39 is 89.6 Å². The number of aromatic hydroxyl groups is 1. The fraction of sp³-hybridized carbons (Fsp3) is 0.483. The monoisotopic (exact) mass is 1070 g/mol. The number of unbranched alkanes of at least 4 members (excludes halogenated alkanes) is 3. The lowest BCUT2D eigenvalue weighted by Gasteiger charge is -2.32. The zero-order valence-electron chi connectivity index (χ0n) is 45.3. The first-order chi connectivity index (χ1) is 37.6. The Balaban J connectivity index is 1.11. The number of nitrogens with one attached hydrogen (secondary N) is 5. The number of aryl methyl sites for hydroxylation is 1. The summed E-state index contributed by atoms with van der Waals surface area (Å²) in [5, 5.41) is 24.4. The van der Waals surface area contributed by atoms with Crippen molar-refractivity contribution >= 4 is 41.4 Å². The molecule has 7 rings (SSSR count). The van der Waals surface area contributed by atoms with Gasteiger partial charge in [0.2, 0.25) is 35.4 Å². The van der Waals surface area contributed by atoms with E-state index in [-0.39, 0.29) is 57.5 Å². The number of fused-ring (bicyclic) bond motifs is 2. The van der Waals surface area contributed by atoms with Crippen LogP contribution >= 0.6 is 0 Å². The third-order valence-corrected chi connectivity index (χ3v) is 15.0. The fourth-order valence-electron chi connectivity index (χ4n) is 10.4. The Kier molecular flexibility index (Phi) is 21.2. The molecule has 10 N–H and O–H groups in total. The summed E-state index contributed by atoms with van der Waals surface area (Å²) in [4.78, 5) is 103. The number of rotatable bonds is 17. The van der Waals surface area contributed by atoms with E-state index in [1.165, 1.54) is 21.9 Å². The molecular formula is C60H79N9O9. The molecule has 18 heteroatoms. The smallest absolute Gasteiger partial charge is 0.251 e. The van der Waals surface area contributed by atoms with Gasteiger partial charge >= 0.3 is 0 Å². The average Bonchev–Trinajstić information content (AvgIpc) is 4.11. The van der Waals surface area contributed by atoms with Crippen molar-refractivity contribution in [2.75, 3.05) is 32.8 Å². The lowest BCUT2D eigenvalue weighted by molar-refractivity contribution is -0.143. The van der Waals surface area contributed by atoms with E-state index in [9.17, 15) is 38.7 Å². The third-order valence-electron chi connectivity index (χ3n) is 15.0. The molecule has 4 aromatic rings. The van der Waals surface area contributed by atoms with Gasteiger partial charge in [0, 0.05) is 31.2 Å². The molecule has 4 aromatic carbocycles. The first-order valence-electron chi connectivity index (χ1n) is 27.9. The maximum Gasteiger partial charge on any atom is 0.251 e. The van der Waals surface area contributed by atoms with Crippen LogP contribution in [0, 0.1) is 5.92 Å². The van der Waals surface area contributed by atoms with Gasteiger partial charge in [0.25, 0.3) is 5.91 Å². The molecule has 0 saturated carbocycles. The summed E-state index contributed by atoms with van der Waals surface area (Å²) in [6.45, 7) is 7.14. The lowest BCUT2D eigenvalue weighted by Crippen LogP contribution is -2.60. The molecule has 0 radical (unpaired) electrons. The van der Waals surface area contributed by atoms with Crippen LogP contribution in [-0.4, -0.2) is 131 Å². The number of ether oxygens (including phenoxy) is 1. The fourth-order valence-corrected chi connectivity index (χ4v) is 10.4. The number of phenols is 1. The van der Waals surface area contributed by atoms with Gasteiger partial charge in [0.1, 0.15) is 47.8 Å². The van der Waals surface area contributed by atoms with Gasteiger partial charge < -0.3 is 57.7 Å². The van der Waals surface area contributed by atoms with E-state index in [0.29, 0.717) is 50.8 Å². The molecule has 3 aliphatic rings. The minimum absolute atomic E-state index is 0.0656. The molecule has 78 heavy (non-hydrogen) atoms. The number of nitrogens with two attached hydrogens (primary N) is 2. The number of carbonyl (C=O) groups excluding carboxylic acids is 7. The number of nitrogens with zero attached hydrogens (tertiary/aromatic N) is 2. The van der Waals surface area contributed by atoms with E-state index >= 15 is 0 Å². The molecule has 0 aliphatic carbocycles. The van der Waals surface area contributed by atoms with Gasteiger partial charge in [-0.1, -0.05) is 94.3 Å². The summed E-state index contributed by atoms with van der Waals surface area (Å²) in [7, 11) is 0. The molecule has 3 saturated heterocycles. The quantitative estimate of drug-likeness (QED) is 0.0646. The highest BCUT2D eigenvalue weighted by atomic mass is 16.5. The Morgan fingerprint density at radius 2 is 1.33 bits per heavy atom. The molecule has 3 fully saturated rings. The Labute approximate surface area is 458 Å². The number of phenolic OH excluding ortho intramolecular Hbond substituents is 1. The molecule has 0 unspecified atom stereocenters. The highest BCUT2D eigenvalue weighted by Crippen LogP contribution is 2.28. The van der Waals surface area contributed by atoms with Gasteiger partial charge in [-0.2, -0.15) is 0 Å². The topological polar surface area (TPSA) is 268 Å². The zero-order chi connectivity index (χ0) is 55.7. The predicted octanol–water partition coefficient (Wildman–Crippen LogP) is 5.10. The van der Waals surface area contributed by atoms with Crippen molar-refractivity contribution < 1.29 is 43.4 Å². The van der Waals surface area contributed by atoms with Crippen LogP contribution in [0.4, 0.5) is 0 Å². The van der Waals surface area contributed by atoms with Gasteiger partial charge in [-0.05, 0) is 147 Å². The normalized spacial score (nSPS) is 22.9. The van der Waals surface area contributed by atoms with Gasteiger partial charge in [0.15, 0.2) is 0 Å². The molecule has 18 nitrogen and oxygen atoms in total. The molecule has 3 aliphatic heterocycles. The van der Waals surface area contributed by atoms with Crippen molar-refractivity contribution in [2.45, 2.75) is 147 Å². The third kappa shape index (κ3) is 15.7. The second kappa shape index (κ2) is 28.4. The Morgan fingerprint density at radius 3 is 1.97 bits per heavy atom. The van der Waals surface area contributed by atoms with Crippen LogP contribution in [0.2, 0.25) is 0 Å². The Hall–Kier alpha value is -7.31. The van der Waals surface area contributed by atoms with Crippen molar-refractivity contribution in [3.8, 4) is 33.8 Å². The molecule has 418 valence electrons. The van der Waals surface area contributed by atoms with Crippen molar-refractivity contribution in [3.05, 3.63) is 108 Å². The van der Waals surface area contributed by atoms with Crippen molar-refractivity contribution in [3.63, 3.8) is 0 Å². The number of hydrogen-bond donors (Lipinski definition) is 8. The second-order valence-electron chi connectivity index (χ2n) is 21.2. The standard InChI is InChI=1S/C60H79N9O9/c1-4-5-8-35-78-47-29-25-43(26-30-47)41-19-17-40(18-20-41)42-21-23-44(24-22-42)54(71)64-48-12-9-33-63-57(74)52-36-45(62)37-69(52)59(76)50(11-6-7-32-61)66-55(72)49(31-16-39-14-27-46(70)28-15-39)65-58(75)51-13-10-34-68(51)60(77)53(38(2)3)67-56(48)73/h14-15,17-30,38,45,48-53,70H,4-13,16,31-37,61-62H2,1-3H3,(H,63,74)(H,64,71)(H,65,75)(H,66,72)(H,67,73)/t45-,48-,49-,50-,51-,52-,53-/m0/s1.